The lowest BCUT2D eigenvalue weighted by atomic mass is 10.0. The van der Waals surface area contributed by atoms with Gasteiger partial charge in [0.15, 0.2) is 0 Å². The summed E-state index contributed by atoms with van der Waals surface area (Å²) in [5, 5.41) is 2.24. The van der Waals surface area contributed by atoms with Crippen molar-refractivity contribution in [2.24, 2.45) is 11.7 Å². The number of imidazole rings is 1. The van der Waals surface area contributed by atoms with Gasteiger partial charge in [-0.3, -0.25) is 4.79 Å². The number of esters is 1. The Balaban J connectivity index is 1.82. The number of carbonyl (C=O) groups is 2. The summed E-state index contributed by atoms with van der Waals surface area (Å²) < 4.78 is 6.87. The van der Waals surface area contributed by atoms with Gasteiger partial charge in [-0.05, 0) is 30.9 Å². The Bertz CT molecular complexity index is 817. The maximum Gasteiger partial charge on any atom is 0.337 e. The van der Waals surface area contributed by atoms with Crippen LogP contribution in [0, 0.1) is 5.92 Å². The van der Waals surface area contributed by atoms with Crippen LogP contribution < -0.4 is 11.1 Å². The third-order valence-electron chi connectivity index (χ3n) is 4.41. The molecular formula is C18H21ClN4O3. The fourth-order valence-corrected chi connectivity index (χ4v) is 2.94. The van der Waals surface area contributed by atoms with E-state index in [1.54, 1.807) is 24.4 Å². The van der Waals surface area contributed by atoms with Crippen LogP contribution >= 0.6 is 11.6 Å². The number of anilines is 1. The van der Waals surface area contributed by atoms with E-state index in [0.717, 1.165) is 18.2 Å². The third kappa shape index (κ3) is 4.16. The van der Waals surface area contributed by atoms with Crippen molar-refractivity contribution in [1.82, 2.24) is 9.55 Å². The first kappa shape index (κ1) is 18.3. The van der Waals surface area contributed by atoms with Gasteiger partial charge >= 0.3 is 5.97 Å². The van der Waals surface area contributed by atoms with Crippen LogP contribution in [0.4, 0.5) is 5.69 Å². The second-order valence-electron chi connectivity index (χ2n) is 6.39. The summed E-state index contributed by atoms with van der Waals surface area (Å²) in [6, 6.07) is 4.78. The fraction of sp³-hybridized carbons (Fsp3) is 0.389. The molecule has 138 valence electrons. The lowest BCUT2D eigenvalue weighted by molar-refractivity contribution is -0.117. The maximum absolute atomic E-state index is 11.8. The topological polar surface area (TPSA) is 99.2 Å². The smallest absolute Gasteiger partial charge is 0.337 e. The Morgan fingerprint density at radius 3 is 2.88 bits per heavy atom. The average molecular weight is 377 g/mol. The number of halogens is 1. The molecule has 3 rings (SSSR count). The number of hydrogen-bond donors (Lipinski definition) is 2. The normalized spacial score (nSPS) is 14.7. The molecule has 0 spiro atoms. The van der Waals surface area contributed by atoms with Gasteiger partial charge in [-0.1, -0.05) is 6.07 Å². The Morgan fingerprint density at radius 2 is 2.23 bits per heavy atom. The van der Waals surface area contributed by atoms with Gasteiger partial charge in [-0.15, -0.1) is 11.6 Å². The van der Waals surface area contributed by atoms with Crippen molar-refractivity contribution in [2.45, 2.75) is 31.3 Å². The van der Waals surface area contributed by atoms with Crippen LogP contribution in [0.2, 0.25) is 0 Å². The van der Waals surface area contributed by atoms with E-state index in [2.05, 4.69) is 14.9 Å². The van der Waals surface area contributed by atoms with Crippen LogP contribution in [0.1, 0.15) is 39.8 Å². The highest BCUT2D eigenvalue weighted by molar-refractivity contribution is 6.31. The number of rotatable bonds is 8. The summed E-state index contributed by atoms with van der Waals surface area (Å²) in [7, 11) is 1.31. The van der Waals surface area contributed by atoms with Gasteiger partial charge in [0.25, 0.3) is 0 Å². The van der Waals surface area contributed by atoms with E-state index in [9.17, 15) is 9.59 Å². The van der Waals surface area contributed by atoms with Gasteiger partial charge in [0.1, 0.15) is 5.38 Å². The van der Waals surface area contributed by atoms with Crippen molar-refractivity contribution in [3.05, 3.63) is 47.5 Å². The molecule has 1 aliphatic rings. The zero-order valence-electron chi connectivity index (χ0n) is 14.4. The third-order valence-corrected chi connectivity index (χ3v) is 4.86. The molecule has 1 fully saturated rings. The zero-order valence-corrected chi connectivity index (χ0v) is 15.2. The molecule has 1 aromatic carbocycles. The standard InChI is InChI=1S/C18H21ClN4O3/c1-26-18(25)12-4-5-14(16(19)17(20)24)15(6-12)22-8-13-7-21-10-23(13)9-11-2-3-11/h4-7,10-11,16,22H,2-3,8-9H2,1H3,(H2,20,24). The van der Waals surface area contributed by atoms with Crippen molar-refractivity contribution in [3.8, 4) is 0 Å². The first-order valence-electron chi connectivity index (χ1n) is 8.38. The van der Waals surface area contributed by atoms with Crippen molar-refractivity contribution in [3.63, 3.8) is 0 Å². The average Bonchev–Trinajstić information content (AvgIpc) is 3.35. The predicted octanol–water partition coefficient (Wildman–Crippen LogP) is 2.46. The molecule has 3 N–H and O–H groups in total. The molecule has 0 bridgehead atoms. The fourth-order valence-electron chi connectivity index (χ4n) is 2.75. The van der Waals surface area contributed by atoms with Crippen molar-refractivity contribution in [1.29, 1.82) is 0 Å². The number of amides is 1. The lowest BCUT2D eigenvalue weighted by Crippen LogP contribution is -2.19. The van der Waals surface area contributed by atoms with Gasteiger partial charge in [0.05, 0.1) is 31.2 Å². The Morgan fingerprint density at radius 1 is 1.46 bits per heavy atom. The maximum atomic E-state index is 11.8. The number of primary amides is 1. The Kier molecular flexibility index (Phi) is 5.46. The number of nitrogens with two attached hydrogens (primary N) is 1. The second-order valence-corrected chi connectivity index (χ2v) is 6.83. The number of hydrogen-bond acceptors (Lipinski definition) is 5. The van der Waals surface area contributed by atoms with Crippen LogP contribution in [-0.2, 0) is 22.6 Å². The highest BCUT2D eigenvalue weighted by Crippen LogP contribution is 2.32. The molecule has 7 nitrogen and oxygen atoms in total. The molecular weight excluding hydrogens is 356 g/mol. The molecule has 1 heterocycles. The van der Waals surface area contributed by atoms with Crippen LogP contribution in [0.5, 0.6) is 0 Å². The molecule has 0 aliphatic heterocycles. The van der Waals surface area contributed by atoms with E-state index in [1.807, 2.05) is 6.33 Å². The van der Waals surface area contributed by atoms with Crippen LogP contribution in [-0.4, -0.2) is 28.5 Å². The summed E-state index contributed by atoms with van der Waals surface area (Å²) in [5.41, 5.74) is 7.78. The van der Waals surface area contributed by atoms with Crippen molar-refractivity contribution < 1.29 is 14.3 Å². The van der Waals surface area contributed by atoms with E-state index in [4.69, 9.17) is 22.1 Å². The molecule has 2 aromatic rings. The Labute approximate surface area is 156 Å². The molecule has 1 amide bonds. The first-order chi connectivity index (χ1) is 12.5. The molecule has 1 saturated carbocycles. The molecule has 1 aliphatic carbocycles. The van der Waals surface area contributed by atoms with E-state index < -0.39 is 17.3 Å². The molecule has 26 heavy (non-hydrogen) atoms. The van der Waals surface area contributed by atoms with Crippen LogP contribution in [0.15, 0.2) is 30.7 Å². The van der Waals surface area contributed by atoms with E-state index in [0.29, 0.717) is 23.4 Å². The van der Waals surface area contributed by atoms with Gasteiger partial charge < -0.3 is 20.4 Å². The monoisotopic (exact) mass is 376 g/mol. The van der Waals surface area contributed by atoms with Crippen molar-refractivity contribution in [2.75, 3.05) is 12.4 Å². The van der Waals surface area contributed by atoms with Crippen LogP contribution in [0.25, 0.3) is 0 Å². The number of aromatic nitrogens is 2. The van der Waals surface area contributed by atoms with Gasteiger partial charge in [0, 0.05) is 24.0 Å². The summed E-state index contributed by atoms with van der Waals surface area (Å²) in [6.07, 6.45) is 6.12. The number of methoxy groups -OCH3 is 1. The van der Waals surface area contributed by atoms with Crippen molar-refractivity contribution >= 4 is 29.2 Å². The van der Waals surface area contributed by atoms with Gasteiger partial charge in [-0.25, -0.2) is 9.78 Å². The Hall–Kier alpha value is -2.54. The number of benzene rings is 1. The number of nitrogens with zero attached hydrogens (tertiary/aromatic N) is 2. The van der Waals surface area contributed by atoms with E-state index >= 15 is 0 Å². The number of alkyl halides is 1. The molecule has 1 atom stereocenters. The summed E-state index contributed by atoms with van der Waals surface area (Å²) in [5.74, 6) is -0.397. The number of nitrogens with one attached hydrogen (secondary N) is 1. The SMILES string of the molecule is COC(=O)c1ccc(C(Cl)C(N)=O)c(NCc2cncn2CC2CC2)c1. The summed E-state index contributed by atoms with van der Waals surface area (Å²) in [4.78, 5) is 27.5. The first-order valence-corrected chi connectivity index (χ1v) is 8.81. The predicted molar refractivity (Wildman–Crippen MR) is 97.8 cm³/mol. The highest BCUT2D eigenvalue weighted by atomic mass is 35.5. The molecule has 0 radical (unpaired) electrons. The summed E-state index contributed by atoms with van der Waals surface area (Å²) >= 11 is 6.13. The largest absolute Gasteiger partial charge is 0.465 e. The minimum absolute atomic E-state index is 0.360. The lowest BCUT2D eigenvalue weighted by Gasteiger charge is -2.16. The van der Waals surface area contributed by atoms with Gasteiger partial charge in [-0.2, -0.15) is 0 Å². The number of carbonyl (C=O) groups excluding carboxylic acids is 2. The minimum atomic E-state index is -0.999. The quantitative estimate of drug-likeness (QED) is 0.544. The van der Waals surface area contributed by atoms with Crippen LogP contribution in [0.3, 0.4) is 0 Å². The number of ether oxygens (including phenoxy) is 1. The molecule has 1 aromatic heterocycles. The van der Waals surface area contributed by atoms with E-state index in [1.165, 1.54) is 20.0 Å². The highest BCUT2D eigenvalue weighted by Gasteiger charge is 2.23. The minimum Gasteiger partial charge on any atom is -0.465 e. The zero-order chi connectivity index (χ0) is 18.7. The molecule has 1 unspecified atom stereocenters. The second kappa shape index (κ2) is 7.78. The van der Waals surface area contributed by atoms with Gasteiger partial charge in [0.2, 0.25) is 5.91 Å². The summed E-state index contributed by atoms with van der Waals surface area (Å²) in [6.45, 7) is 1.43. The molecule has 0 saturated heterocycles. The molecule has 8 heteroatoms. The van der Waals surface area contributed by atoms with E-state index in [-0.39, 0.29) is 0 Å².